The number of carbonyl (C=O) groups is 1. The van der Waals surface area contributed by atoms with Crippen LogP contribution in [0, 0.1) is 0 Å². The van der Waals surface area contributed by atoms with E-state index in [1.54, 1.807) is 7.11 Å². The molecule has 21 heavy (non-hydrogen) atoms. The molecule has 1 unspecified atom stereocenters. The fourth-order valence-corrected chi connectivity index (χ4v) is 2.70. The minimum atomic E-state index is -0.353. The molecule has 1 heterocycles. The molecule has 1 aromatic carbocycles. The Balaban J connectivity index is 1.73. The van der Waals surface area contributed by atoms with E-state index >= 15 is 0 Å². The topological polar surface area (TPSA) is 50.8 Å². The van der Waals surface area contributed by atoms with E-state index in [9.17, 15) is 4.79 Å². The summed E-state index contributed by atoms with van der Waals surface area (Å²) in [7, 11) is 1.66. The third kappa shape index (κ3) is 3.36. The van der Waals surface area contributed by atoms with Crippen LogP contribution in [0.15, 0.2) is 24.3 Å². The highest BCUT2D eigenvalue weighted by Gasteiger charge is 2.37. The number of hydrogen-bond donors (Lipinski definition) is 1. The molecule has 0 bridgehead atoms. The summed E-state index contributed by atoms with van der Waals surface area (Å²) in [6, 6.07) is 8.23. The second-order valence-electron chi connectivity index (χ2n) is 5.57. The molecular formula is C16H22N2O3. The maximum atomic E-state index is 12.7. The van der Waals surface area contributed by atoms with Crippen LogP contribution in [0.5, 0.6) is 5.75 Å². The first-order chi connectivity index (χ1) is 10.3. The normalized spacial score (nSPS) is 21.9. The summed E-state index contributed by atoms with van der Waals surface area (Å²) in [5.74, 6) is 0.925. The van der Waals surface area contributed by atoms with Crippen LogP contribution in [0.2, 0.25) is 0 Å². The number of morpholine rings is 1. The number of nitrogens with zero attached hydrogens (tertiary/aromatic N) is 1. The summed E-state index contributed by atoms with van der Waals surface area (Å²) in [6.45, 7) is 2.62. The van der Waals surface area contributed by atoms with Crippen LogP contribution in [-0.2, 0) is 16.1 Å². The zero-order valence-electron chi connectivity index (χ0n) is 12.4. The summed E-state index contributed by atoms with van der Waals surface area (Å²) in [5.41, 5.74) is 1.05. The molecule has 5 heteroatoms. The number of carbonyl (C=O) groups excluding carboxylic acids is 1. The van der Waals surface area contributed by atoms with Crippen molar-refractivity contribution < 1.29 is 14.3 Å². The van der Waals surface area contributed by atoms with Gasteiger partial charge in [-0.15, -0.1) is 0 Å². The lowest BCUT2D eigenvalue weighted by molar-refractivity contribution is -0.146. The summed E-state index contributed by atoms with van der Waals surface area (Å²) >= 11 is 0. The van der Waals surface area contributed by atoms with Crippen LogP contribution >= 0.6 is 0 Å². The maximum absolute atomic E-state index is 12.7. The molecular weight excluding hydrogens is 268 g/mol. The lowest BCUT2D eigenvalue weighted by Crippen LogP contribution is -2.49. The van der Waals surface area contributed by atoms with Gasteiger partial charge in [-0.2, -0.15) is 0 Å². The minimum Gasteiger partial charge on any atom is -0.496 e. The van der Waals surface area contributed by atoms with E-state index in [1.165, 1.54) is 0 Å². The molecule has 1 aliphatic heterocycles. The zero-order valence-corrected chi connectivity index (χ0v) is 12.4. The van der Waals surface area contributed by atoms with Crippen molar-refractivity contribution in [2.75, 3.05) is 26.8 Å². The Morgan fingerprint density at radius 2 is 2.24 bits per heavy atom. The van der Waals surface area contributed by atoms with E-state index in [4.69, 9.17) is 9.47 Å². The summed E-state index contributed by atoms with van der Waals surface area (Å²) in [4.78, 5) is 14.7. The van der Waals surface area contributed by atoms with Crippen LogP contribution in [0.4, 0.5) is 0 Å². The van der Waals surface area contributed by atoms with Gasteiger partial charge in [-0.25, -0.2) is 0 Å². The molecule has 0 aromatic heterocycles. The lowest BCUT2D eigenvalue weighted by atomic mass is 10.1. The molecule has 2 aliphatic rings. The standard InChI is InChI=1S/C16H22N2O3/c1-20-14-5-3-2-4-12(14)11-18(13-6-7-13)16(19)15-10-17-8-9-21-15/h2-5,13,15,17H,6-11H2,1H3. The number of amides is 1. The van der Waals surface area contributed by atoms with Crippen molar-refractivity contribution in [2.45, 2.75) is 31.5 Å². The molecule has 1 atom stereocenters. The SMILES string of the molecule is COc1ccccc1CN(C(=O)C1CNCCO1)C1CC1. The Morgan fingerprint density at radius 3 is 2.90 bits per heavy atom. The molecule has 2 fully saturated rings. The van der Waals surface area contributed by atoms with Crippen molar-refractivity contribution in [3.8, 4) is 5.75 Å². The average Bonchev–Trinajstić information content (AvgIpc) is 3.38. The molecule has 114 valence electrons. The number of benzene rings is 1. The van der Waals surface area contributed by atoms with Gasteiger partial charge in [0.1, 0.15) is 11.9 Å². The summed E-state index contributed by atoms with van der Waals surface area (Å²) in [6.07, 6.45) is 1.82. The predicted octanol–water partition coefficient (Wildman–Crippen LogP) is 1.17. The van der Waals surface area contributed by atoms with Gasteiger partial charge in [0.25, 0.3) is 5.91 Å². The van der Waals surface area contributed by atoms with E-state index in [-0.39, 0.29) is 12.0 Å². The monoisotopic (exact) mass is 290 g/mol. The number of methoxy groups -OCH3 is 1. The molecule has 0 spiro atoms. The van der Waals surface area contributed by atoms with Crippen LogP contribution in [0.3, 0.4) is 0 Å². The van der Waals surface area contributed by atoms with Crippen molar-refractivity contribution in [3.63, 3.8) is 0 Å². The van der Waals surface area contributed by atoms with Crippen LogP contribution < -0.4 is 10.1 Å². The number of hydrogen-bond acceptors (Lipinski definition) is 4. The highest BCUT2D eigenvalue weighted by molar-refractivity contribution is 5.82. The van der Waals surface area contributed by atoms with Crippen LogP contribution in [-0.4, -0.2) is 49.8 Å². The number of ether oxygens (including phenoxy) is 2. The third-order valence-electron chi connectivity index (χ3n) is 4.01. The lowest BCUT2D eigenvalue weighted by Gasteiger charge is -2.30. The number of para-hydroxylation sites is 1. The number of rotatable bonds is 5. The molecule has 5 nitrogen and oxygen atoms in total. The molecule has 3 rings (SSSR count). The largest absolute Gasteiger partial charge is 0.496 e. The summed E-state index contributed by atoms with van der Waals surface area (Å²) < 4.78 is 11.0. The van der Waals surface area contributed by atoms with Gasteiger partial charge in [-0.1, -0.05) is 18.2 Å². The van der Waals surface area contributed by atoms with Crippen molar-refractivity contribution in [1.82, 2.24) is 10.2 Å². The predicted molar refractivity (Wildman–Crippen MR) is 79.2 cm³/mol. The molecule has 1 amide bonds. The van der Waals surface area contributed by atoms with Crippen molar-refractivity contribution in [2.24, 2.45) is 0 Å². The van der Waals surface area contributed by atoms with Crippen molar-refractivity contribution in [3.05, 3.63) is 29.8 Å². The smallest absolute Gasteiger partial charge is 0.253 e. The average molecular weight is 290 g/mol. The quantitative estimate of drug-likeness (QED) is 0.884. The van der Waals surface area contributed by atoms with Gasteiger partial charge in [0.2, 0.25) is 0 Å². The molecule has 1 N–H and O–H groups in total. The van der Waals surface area contributed by atoms with Gasteiger partial charge in [-0.3, -0.25) is 4.79 Å². The van der Waals surface area contributed by atoms with Crippen molar-refractivity contribution >= 4 is 5.91 Å². The highest BCUT2D eigenvalue weighted by atomic mass is 16.5. The third-order valence-corrected chi connectivity index (χ3v) is 4.01. The van der Waals surface area contributed by atoms with Gasteiger partial charge >= 0.3 is 0 Å². The maximum Gasteiger partial charge on any atom is 0.253 e. The Bertz CT molecular complexity index is 496. The minimum absolute atomic E-state index is 0.0932. The molecule has 1 aromatic rings. The second-order valence-corrected chi connectivity index (χ2v) is 5.57. The molecule has 1 saturated heterocycles. The Labute approximate surface area is 125 Å². The Morgan fingerprint density at radius 1 is 1.43 bits per heavy atom. The van der Waals surface area contributed by atoms with E-state index < -0.39 is 0 Å². The Kier molecular flexibility index (Phi) is 4.41. The van der Waals surface area contributed by atoms with E-state index in [0.717, 1.165) is 30.7 Å². The zero-order chi connectivity index (χ0) is 14.7. The molecule has 1 aliphatic carbocycles. The van der Waals surface area contributed by atoms with E-state index in [0.29, 0.717) is 25.7 Å². The first kappa shape index (κ1) is 14.4. The van der Waals surface area contributed by atoms with Gasteiger partial charge < -0.3 is 19.7 Å². The number of nitrogens with one attached hydrogen (secondary N) is 1. The first-order valence-electron chi connectivity index (χ1n) is 7.54. The molecule has 0 radical (unpaired) electrons. The van der Waals surface area contributed by atoms with Gasteiger partial charge in [0.05, 0.1) is 13.7 Å². The van der Waals surface area contributed by atoms with Gasteiger partial charge in [0.15, 0.2) is 0 Å². The van der Waals surface area contributed by atoms with Crippen molar-refractivity contribution in [1.29, 1.82) is 0 Å². The van der Waals surface area contributed by atoms with Crippen LogP contribution in [0.1, 0.15) is 18.4 Å². The van der Waals surface area contributed by atoms with Gasteiger partial charge in [-0.05, 0) is 18.9 Å². The second kappa shape index (κ2) is 6.45. The highest BCUT2D eigenvalue weighted by Crippen LogP contribution is 2.31. The van der Waals surface area contributed by atoms with Crippen LogP contribution in [0.25, 0.3) is 0 Å². The first-order valence-corrected chi connectivity index (χ1v) is 7.54. The van der Waals surface area contributed by atoms with E-state index in [1.807, 2.05) is 29.2 Å². The Hall–Kier alpha value is -1.59. The van der Waals surface area contributed by atoms with Gasteiger partial charge in [0, 0.05) is 31.2 Å². The fraction of sp³-hybridized carbons (Fsp3) is 0.562. The fourth-order valence-electron chi connectivity index (χ4n) is 2.70. The summed E-state index contributed by atoms with van der Waals surface area (Å²) in [5, 5.41) is 3.22. The molecule has 1 saturated carbocycles. The van der Waals surface area contributed by atoms with E-state index in [2.05, 4.69) is 5.32 Å².